The fourth-order valence-electron chi connectivity index (χ4n) is 3.16. The Bertz CT molecular complexity index is 815. The molecule has 1 aromatic carbocycles. The maximum Gasteiger partial charge on any atom is 0.341 e. The lowest BCUT2D eigenvalue weighted by Crippen LogP contribution is -3.11. The number of benzene rings is 1. The van der Waals surface area contributed by atoms with E-state index in [1.165, 1.54) is 28.2 Å². The van der Waals surface area contributed by atoms with Crippen LogP contribution in [0, 0.1) is 0 Å². The fourth-order valence-corrected chi connectivity index (χ4v) is 4.87. The van der Waals surface area contributed by atoms with Gasteiger partial charge in [0.25, 0.3) is 5.91 Å². The quantitative estimate of drug-likeness (QED) is 0.607. The van der Waals surface area contributed by atoms with Gasteiger partial charge in [-0.05, 0) is 43.0 Å². The summed E-state index contributed by atoms with van der Waals surface area (Å²) in [5.74, 6) is -0.587. The van der Waals surface area contributed by atoms with E-state index in [0.717, 1.165) is 36.5 Å². The summed E-state index contributed by atoms with van der Waals surface area (Å²) < 4.78 is 4.98. The number of thiophene rings is 1. The summed E-state index contributed by atoms with van der Waals surface area (Å²) in [6.07, 6.45) is 2.83. The number of ether oxygens (including phenoxy) is 1. The van der Waals surface area contributed by atoms with Crippen LogP contribution in [-0.4, -0.2) is 38.3 Å². The van der Waals surface area contributed by atoms with Crippen LogP contribution in [0.25, 0.3) is 0 Å². The normalized spacial score (nSPS) is 16.0. The molecule has 138 valence electrons. The number of likely N-dealkylation sites (N-methyl/N-ethyl adjacent to an activating group) is 1. The largest absolute Gasteiger partial charge is 0.465 e. The number of fused-ring (bicyclic) bond motifs is 1. The number of amides is 1. The zero-order valence-electron chi connectivity index (χ0n) is 15.2. The molecule has 5 nitrogen and oxygen atoms in total. The Hall–Kier alpha value is -1.83. The van der Waals surface area contributed by atoms with Gasteiger partial charge in [0, 0.05) is 16.9 Å². The monoisotopic (exact) mass is 391 g/mol. The number of thioether (sulfide) groups is 1. The van der Waals surface area contributed by atoms with E-state index in [1.54, 1.807) is 23.9 Å². The van der Waals surface area contributed by atoms with Crippen LogP contribution in [0.5, 0.6) is 0 Å². The Morgan fingerprint density at radius 1 is 1.31 bits per heavy atom. The van der Waals surface area contributed by atoms with Crippen molar-refractivity contribution >= 4 is 40.0 Å². The summed E-state index contributed by atoms with van der Waals surface area (Å²) in [6.45, 7) is 5.09. The first kappa shape index (κ1) is 18.9. The standard InChI is InChI=1S/C19H22N2O3S2/c1-4-21-10-9-14-15(11-21)26-18(16(14)19(23)24-2)20-17(22)12-5-7-13(25-3)8-6-12/h5-8H,4,9-11H2,1-3H3,(H,20,22)/p+1. The molecule has 3 rings (SSSR count). The molecule has 0 aliphatic carbocycles. The Balaban J connectivity index is 1.89. The molecule has 0 saturated heterocycles. The molecule has 1 amide bonds. The van der Waals surface area contributed by atoms with Crippen LogP contribution < -0.4 is 10.2 Å². The molecule has 2 N–H and O–H groups in total. The molecule has 2 heterocycles. The average Bonchev–Trinajstić information content (AvgIpc) is 3.04. The number of anilines is 1. The number of methoxy groups -OCH3 is 1. The summed E-state index contributed by atoms with van der Waals surface area (Å²) in [7, 11) is 1.38. The third-order valence-corrected chi connectivity index (χ3v) is 6.59. The molecular formula is C19H23N2O3S2+. The van der Waals surface area contributed by atoms with Crippen LogP contribution in [0.15, 0.2) is 29.2 Å². The molecule has 0 bridgehead atoms. The highest BCUT2D eigenvalue weighted by atomic mass is 32.2. The number of quaternary nitrogens is 1. The summed E-state index contributed by atoms with van der Waals surface area (Å²) >= 11 is 3.13. The fraction of sp³-hybridized carbons (Fsp3) is 0.368. The zero-order chi connectivity index (χ0) is 18.7. The molecule has 1 unspecified atom stereocenters. The van der Waals surface area contributed by atoms with Crippen LogP contribution in [0.4, 0.5) is 5.00 Å². The van der Waals surface area contributed by atoms with Crippen LogP contribution in [0.1, 0.15) is 38.1 Å². The van der Waals surface area contributed by atoms with Gasteiger partial charge in [0.1, 0.15) is 11.5 Å². The third kappa shape index (κ3) is 3.79. The minimum atomic E-state index is -0.379. The Morgan fingerprint density at radius 2 is 2.04 bits per heavy atom. The van der Waals surface area contributed by atoms with Crippen LogP contribution in [-0.2, 0) is 17.7 Å². The maximum atomic E-state index is 12.6. The van der Waals surface area contributed by atoms with Gasteiger partial charge in [-0.3, -0.25) is 4.79 Å². The van der Waals surface area contributed by atoms with E-state index in [-0.39, 0.29) is 11.9 Å². The van der Waals surface area contributed by atoms with E-state index in [0.29, 0.717) is 16.1 Å². The molecule has 26 heavy (non-hydrogen) atoms. The first-order valence-corrected chi connectivity index (χ1v) is 10.6. The number of carbonyl (C=O) groups is 2. The predicted octanol–water partition coefficient (Wildman–Crippen LogP) is 2.47. The molecule has 0 radical (unpaired) electrons. The minimum Gasteiger partial charge on any atom is -0.465 e. The van der Waals surface area contributed by atoms with E-state index in [9.17, 15) is 9.59 Å². The molecule has 0 saturated carbocycles. The molecule has 0 fully saturated rings. The van der Waals surface area contributed by atoms with Crippen molar-refractivity contribution in [2.24, 2.45) is 0 Å². The van der Waals surface area contributed by atoms with Crippen LogP contribution >= 0.6 is 23.1 Å². The average molecular weight is 392 g/mol. The molecule has 0 spiro atoms. The van der Waals surface area contributed by atoms with E-state index in [2.05, 4.69) is 12.2 Å². The number of hydrogen-bond donors (Lipinski definition) is 2. The van der Waals surface area contributed by atoms with Crippen molar-refractivity contribution in [3.8, 4) is 0 Å². The Kier molecular flexibility index (Phi) is 6.01. The number of esters is 1. The van der Waals surface area contributed by atoms with Gasteiger partial charge < -0.3 is 15.0 Å². The molecule has 7 heteroatoms. The second-order valence-corrected chi connectivity index (χ2v) is 8.15. The van der Waals surface area contributed by atoms with E-state index in [4.69, 9.17) is 4.74 Å². The Morgan fingerprint density at radius 3 is 2.65 bits per heavy atom. The zero-order valence-corrected chi connectivity index (χ0v) is 16.8. The third-order valence-electron chi connectivity index (χ3n) is 4.70. The van der Waals surface area contributed by atoms with Gasteiger partial charge in [0.15, 0.2) is 0 Å². The molecule has 1 aromatic heterocycles. The van der Waals surface area contributed by atoms with Gasteiger partial charge in [-0.15, -0.1) is 23.1 Å². The SMILES string of the molecule is CC[NH+]1CCc2c(sc(NC(=O)c3ccc(SC)cc3)c2C(=O)OC)C1. The highest BCUT2D eigenvalue weighted by Gasteiger charge is 2.30. The van der Waals surface area contributed by atoms with Crippen molar-refractivity contribution in [2.45, 2.75) is 24.8 Å². The van der Waals surface area contributed by atoms with Crippen molar-refractivity contribution in [3.05, 3.63) is 45.8 Å². The summed E-state index contributed by atoms with van der Waals surface area (Å²) in [6, 6.07) is 7.44. The van der Waals surface area contributed by atoms with E-state index in [1.807, 2.05) is 18.4 Å². The van der Waals surface area contributed by atoms with Crippen LogP contribution in [0.2, 0.25) is 0 Å². The number of hydrogen-bond acceptors (Lipinski definition) is 5. The van der Waals surface area contributed by atoms with E-state index < -0.39 is 0 Å². The van der Waals surface area contributed by atoms with Gasteiger partial charge in [-0.1, -0.05) is 0 Å². The minimum absolute atomic E-state index is 0.207. The summed E-state index contributed by atoms with van der Waals surface area (Å²) in [4.78, 5) is 28.7. The molecule has 1 aliphatic heterocycles. The lowest BCUT2D eigenvalue weighted by atomic mass is 10.0. The smallest absolute Gasteiger partial charge is 0.341 e. The first-order valence-electron chi connectivity index (χ1n) is 8.59. The lowest BCUT2D eigenvalue weighted by molar-refractivity contribution is -0.913. The van der Waals surface area contributed by atoms with Crippen molar-refractivity contribution in [1.82, 2.24) is 0 Å². The van der Waals surface area contributed by atoms with Crippen molar-refractivity contribution in [1.29, 1.82) is 0 Å². The van der Waals surface area contributed by atoms with Crippen molar-refractivity contribution in [2.75, 3.05) is 31.8 Å². The van der Waals surface area contributed by atoms with Gasteiger partial charge in [-0.2, -0.15) is 0 Å². The maximum absolute atomic E-state index is 12.6. The molecule has 1 aliphatic rings. The van der Waals surface area contributed by atoms with Gasteiger partial charge in [0.05, 0.1) is 30.6 Å². The van der Waals surface area contributed by atoms with Crippen molar-refractivity contribution < 1.29 is 19.2 Å². The van der Waals surface area contributed by atoms with Gasteiger partial charge >= 0.3 is 5.97 Å². The van der Waals surface area contributed by atoms with Crippen molar-refractivity contribution in [3.63, 3.8) is 0 Å². The second-order valence-electron chi connectivity index (χ2n) is 6.16. The van der Waals surface area contributed by atoms with Crippen LogP contribution in [0.3, 0.4) is 0 Å². The highest BCUT2D eigenvalue weighted by Crippen LogP contribution is 2.35. The number of rotatable bonds is 5. The summed E-state index contributed by atoms with van der Waals surface area (Å²) in [5, 5.41) is 3.53. The highest BCUT2D eigenvalue weighted by molar-refractivity contribution is 7.98. The first-order chi connectivity index (χ1) is 12.6. The number of nitrogens with one attached hydrogen (secondary N) is 2. The Labute approximate surface area is 161 Å². The molecule has 2 aromatic rings. The number of carbonyl (C=O) groups excluding carboxylic acids is 2. The lowest BCUT2D eigenvalue weighted by Gasteiger charge is -2.22. The second kappa shape index (κ2) is 8.24. The molecule has 1 atom stereocenters. The van der Waals surface area contributed by atoms with E-state index >= 15 is 0 Å². The van der Waals surface area contributed by atoms with Gasteiger partial charge in [0.2, 0.25) is 0 Å². The molecular weight excluding hydrogens is 368 g/mol. The summed E-state index contributed by atoms with van der Waals surface area (Å²) in [5.41, 5.74) is 2.13. The predicted molar refractivity (Wildman–Crippen MR) is 106 cm³/mol. The topological polar surface area (TPSA) is 59.8 Å². The van der Waals surface area contributed by atoms with Gasteiger partial charge in [-0.25, -0.2) is 4.79 Å².